The molecular formula is C25H30Cl2N2O3S. The quantitative estimate of drug-likeness (QED) is 0.446. The summed E-state index contributed by atoms with van der Waals surface area (Å²) in [5.74, 6) is 1.46. The minimum atomic E-state index is -0.564. The summed E-state index contributed by atoms with van der Waals surface area (Å²) >= 11 is 13.6. The van der Waals surface area contributed by atoms with Crippen LogP contribution in [0.25, 0.3) is 0 Å². The maximum atomic E-state index is 13.2. The van der Waals surface area contributed by atoms with Crippen LogP contribution in [0.1, 0.15) is 43.7 Å². The highest BCUT2D eigenvalue weighted by atomic mass is 35.5. The van der Waals surface area contributed by atoms with Crippen molar-refractivity contribution < 1.29 is 14.3 Å². The van der Waals surface area contributed by atoms with Gasteiger partial charge in [0.15, 0.2) is 0 Å². The molecule has 1 N–H and O–H groups in total. The van der Waals surface area contributed by atoms with Gasteiger partial charge in [-0.3, -0.25) is 9.59 Å². The van der Waals surface area contributed by atoms with E-state index >= 15 is 0 Å². The number of carbonyl (C=O) groups excluding carboxylic acids is 2. The van der Waals surface area contributed by atoms with Crippen LogP contribution < -0.4 is 10.1 Å². The fraction of sp³-hybridized carbons (Fsp3) is 0.440. The maximum absolute atomic E-state index is 13.2. The first-order chi connectivity index (χ1) is 15.9. The van der Waals surface area contributed by atoms with Crippen LogP contribution >= 0.6 is 35.0 Å². The largest absolute Gasteiger partial charge is 0.497 e. The number of carbonyl (C=O) groups is 2. The number of amides is 2. The van der Waals surface area contributed by atoms with Gasteiger partial charge in [-0.25, -0.2) is 0 Å². The van der Waals surface area contributed by atoms with Crippen molar-refractivity contribution in [1.29, 1.82) is 0 Å². The summed E-state index contributed by atoms with van der Waals surface area (Å²) in [4.78, 5) is 27.8. The van der Waals surface area contributed by atoms with Gasteiger partial charge >= 0.3 is 0 Å². The number of nitrogens with one attached hydrogen (secondary N) is 1. The molecular weight excluding hydrogens is 479 g/mol. The van der Waals surface area contributed by atoms with Crippen LogP contribution in [0.15, 0.2) is 42.5 Å². The molecule has 33 heavy (non-hydrogen) atoms. The molecule has 1 aliphatic carbocycles. The van der Waals surface area contributed by atoms with Crippen LogP contribution in [-0.4, -0.2) is 41.7 Å². The molecule has 8 heteroatoms. The molecule has 0 aromatic heterocycles. The lowest BCUT2D eigenvalue weighted by molar-refractivity contribution is -0.138. The molecule has 1 saturated carbocycles. The Kier molecular flexibility index (Phi) is 9.78. The molecule has 1 unspecified atom stereocenters. The molecule has 3 rings (SSSR count). The van der Waals surface area contributed by atoms with Gasteiger partial charge in [0.25, 0.3) is 0 Å². The van der Waals surface area contributed by atoms with Crippen LogP contribution in [0.2, 0.25) is 10.0 Å². The third-order valence-corrected chi connectivity index (χ3v) is 7.59. The van der Waals surface area contributed by atoms with Gasteiger partial charge in [-0.2, -0.15) is 0 Å². The Morgan fingerprint density at radius 1 is 1.09 bits per heavy atom. The number of methoxy groups -OCH3 is 1. The van der Waals surface area contributed by atoms with E-state index in [4.69, 9.17) is 27.9 Å². The number of nitrogens with zero attached hydrogens (tertiary/aromatic N) is 1. The van der Waals surface area contributed by atoms with Crippen molar-refractivity contribution in [3.8, 4) is 5.75 Å². The number of halogens is 2. The summed E-state index contributed by atoms with van der Waals surface area (Å²) in [5.41, 5.74) is 1.94. The molecule has 0 aliphatic heterocycles. The molecule has 0 spiro atoms. The monoisotopic (exact) mass is 508 g/mol. The number of ether oxygens (including phenoxy) is 1. The number of hydrogen-bond acceptors (Lipinski definition) is 4. The third kappa shape index (κ3) is 7.56. The van der Waals surface area contributed by atoms with E-state index in [2.05, 4.69) is 5.32 Å². The first-order valence-corrected chi connectivity index (χ1v) is 13.0. The fourth-order valence-corrected chi connectivity index (χ4v) is 5.05. The topological polar surface area (TPSA) is 58.6 Å². The lowest BCUT2D eigenvalue weighted by atomic mass is 10.1. The molecule has 178 valence electrons. The molecule has 2 aromatic rings. The second kappa shape index (κ2) is 12.5. The summed E-state index contributed by atoms with van der Waals surface area (Å²) in [5, 5.41) is 4.13. The average Bonchev–Trinajstić information content (AvgIpc) is 3.32. The molecule has 2 aromatic carbocycles. The standard InChI is InChI=1S/C25H30Cl2N2O3S/c1-17(25(31)28-20-5-3-4-6-20)29(14-18-7-10-21(32-2)11-8-18)24(30)16-33-15-19-9-12-22(26)23(27)13-19/h7-13,17,20H,3-6,14-16H2,1-2H3,(H,28,31). The SMILES string of the molecule is COc1ccc(CN(C(=O)CSCc2ccc(Cl)c(Cl)c2)C(C)C(=O)NC2CCCC2)cc1. The summed E-state index contributed by atoms with van der Waals surface area (Å²) in [6.45, 7) is 2.16. The van der Waals surface area contributed by atoms with E-state index in [9.17, 15) is 9.59 Å². The van der Waals surface area contributed by atoms with Crippen molar-refractivity contribution in [2.75, 3.05) is 12.9 Å². The third-order valence-electron chi connectivity index (χ3n) is 5.86. The predicted molar refractivity (Wildman–Crippen MR) is 136 cm³/mol. The van der Waals surface area contributed by atoms with Crippen molar-refractivity contribution >= 4 is 46.8 Å². The van der Waals surface area contributed by atoms with Crippen molar-refractivity contribution in [2.45, 2.75) is 57.0 Å². The Bertz CT molecular complexity index is 949. The van der Waals surface area contributed by atoms with Gasteiger partial charge < -0.3 is 15.0 Å². The van der Waals surface area contributed by atoms with Crippen molar-refractivity contribution in [2.24, 2.45) is 0 Å². The van der Waals surface area contributed by atoms with E-state index in [0.717, 1.165) is 42.6 Å². The highest BCUT2D eigenvalue weighted by Crippen LogP contribution is 2.25. The maximum Gasteiger partial charge on any atom is 0.242 e. The van der Waals surface area contributed by atoms with Crippen LogP contribution in [0.4, 0.5) is 0 Å². The first-order valence-electron chi connectivity index (χ1n) is 11.1. The van der Waals surface area contributed by atoms with E-state index in [1.165, 1.54) is 11.8 Å². The highest BCUT2D eigenvalue weighted by Gasteiger charge is 2.28. The predicted octanol–water partition coefficient (Wildman–Crippen LogP) is 5.71. The van der Waals surface area contributed by atoms with Gasteiger partial charge in [-0.1, -0.05) is 54.2 Å². The fourth-order valence-electron chi connectivity index (χ4n) is 3.87. The minimum Gasteiger partial charge on any atom is -0.497 e. The summed E-state index contributed by atoms with van der Waals surface area (Å²) in [6, 6.07) is 12.7. The molecule has 0 heterocycles. The first kappa shape index (κ1) is 25.7. The zero-order chi connectivity index (χ0) is 23.8. The Morgan fingerprint density at radius 2 is 1.76 bits per heavy atom. The van der Waals surface area contributed by atoms with Crippen LogP contribution in [0.5, 0.6) is 5.75 Å². The van der Waals surface area contributed by atoms with Gasteiger partial charge in [0.2, 0.25) is 11.8 Å². The molecule has 0 radical (unpaired) electrons. The molecule has 0 saturated heterocycles. The summed E-state index contributed by atoms with van der Waals surface area (Å²) < 4.78 is 5.23. The number of hydrogen-bond donors (Lipinski definition) is 1. The Labute approximate surface area is 210 Å². The van der Waals surface area contributed by atoms with Crippen molar-refractivity contribution in [3.63, 3.8) is 0 Å². The smallest absolute Gasteiger partial charge is 0.242 e. The highest BCUT2D eigenvalue weighted by molar-refractivity contribution is 7.99. The lowest BCUT2D eigenvalue weighted by Gasteiger charge is -2.29. The average molecular weight is 509 g/mol. The van der Waals surface area contributed by atoms with E-state index in [1.54, 1.807) is 25.0 Å². The summed E-state index contributed by atoms with van der Waals surface area (Å²) in [7, 11) is 1.62. The molecule has 1 aliphatic rings. The zero-order valence-corrected chi connectivity index (χ0v) is 21.3. The molecule has 2 amide bonds. The Balaban J connectivity index is 1.66. The van der Waals surface area contributed by atoms with Crippen LogP contribution in [0.3, 0.4) is 0 Å². The van der Waals surface area contributed by atoms with Crippen molar-refractivity contribution in [1.82, 2.24) is 10.2 Å². The summed E-state index contributed by atoms with van der Waals surface area (Å²) in [6.07, 6.45) is 4.28. The normalized spacial score (nSPS) is 14.7. The molecule has 0 bridgehead atoms. The Morgan fingerprint density at radius 3 is 2.39 bits per heavy atom. The number of benzene rings is 2. The zero-order valence-electron chi connectivity index (χ0n) is 19.0. The van der Waals surface area contributed by atoms with Crippen LogP contribution in [0, 0.1) is 0 Å². The van der Waals surface area contributed by atoms with E-state index in [-0.39, 0.29) is 23.6 Å². The Hall–Kier alpha value is -1.89. The van der Waals surface area contributed by atoms with Crippen LogP contribution in [-0.2, 0) is 21.9 Å². The lowest BCUT2D eigenvalue weighted by Crippen LogP contribution is -2.50. The van der Waals surface area contributed by atoms with Gasteiger partial charge in [-0.15, -0.1) is 11.8 Å². The number of rotatable bonds is 10. The van der Waals surface area contributed by atoms with Gasteiger partial charge in [0.05, 0.1) is 22.9 Å². The van der Waals surface area contributed by atoms with E-state index in [0.29, 0.717) is 22.3 Å². The molecule has 5 nitrogen and oxygen atoms in total. The van der Waals surface area contributed by atoms with Crippen molar-refractivity contribution in [3.05, 3.63) is 63.6 Å². The van der Waals surface area contributed by atoms with Gasteiger partial charge in [-0.05, 0) is 55.2 Å². The van der Waals surface area contributed by atoms with E-state index in [1.807, 2.05) is 36.4 Å². The van der Waals surface area contributed by atoms with Gasteiger partial charge in [0.1, 0.15) is 11.8 Å². The second-order valence-electron chi connectivity index (χ2n) is 8.28. The number of thioether (sulfide) groups is 1. The van der Waals surface area contributed by atoms with Gasteiger partial charge in [0, 0.05) is 18.3 Å². The minimum absolute atomic E-state index is 0.0787. The van der Waals surface area contributed by atoms with E-state index < -0.39 is 6.04 Å². The molecule has 1 fully saturated rings. The second-order valence-corrected chi connectivity index (χ2v) is 10.1. The molecule has 1 atom stereocenters.